The highest BCUT2D eigenvalue weighted by Gasteiger charge is 2.66. The molecule has 0 aromatic carbocycles. The van der Waals surface area contributed by atoms with Gasteiger partial charge in [-0.3, -0.25) is 14.4 Å². The first-order chi connectivity index (χ1) is 67.0. The molecule has 40 atom stereocenters. The summed E-state index contributed by atoms with van der Waals surface area (Å²) in [6.07, 6.45) is 64.9. The van der Waals surface area contributed by atoms with Crippen molar-refractivity contribution in [1.82, 2.24) is 19.1 Å². The topological polar surface area (TPSA) is 206 Å². The third-order valence-electron chi connectivity index (χ3n) is 47.0. The van der Waals surface area contributed by atoms with Gasteiger partial charge in [0.25, 0.3) is 6.43 Å². The van der Waals surface area contributed by atoms with Gasteiger partial charge < -0.3 is 44.1 Å². The maximum atomic E-state index is 13.4. The van der Waals surface area contributed by atoms with E-state index in [0.717, 1.165) is 211 Å². The van der Waals surface area contributed by atoms with Crippen molar-refractivity contribution in [2.75, 3.05) is 70.1 Å². The molecule has 0 aliphatic heterocycles. The normalized spacial score (nSPS) is 47.8. The Morgan fingerprint density at radius 2 is 0.671 bits per heavy atom. The molecule has 20 aliphatic rings. The molecule has 20 aliphatic carbocycles. The van der Waals surface area contributed by atoms with Crippen LogP contribution in [0.15, 0.2) is 61.7 Å². The second-order valence-corrected chi connectivity index (χ2v) is 55.9. The van der Waals surface area contributed by atoms with Gasteiger partial charge in [-0.1, -0.05) is 64.8 Å². The summed E-state index contributed by atoms with van der Waals surface area (Å²) < 4.78 is 55.0. The van der Waals surface area contributed by atoms with Crippen molar-refractivity contribution in [2.45, 2.75) is 371 Å². The Kier molecular flexibility index (Phi) is 33.4. The van der Waals surface area contributed by atoms with Gasteiger partial charge in [-0.15, -0.1) is 0 Å². The summed E-state index contributed by atoms with van der Waals surface area (Å²) in [5.74, 6) is 26.6. The van der Waals surface area contributed by atoms with E-state index in [1.54, 1.807) is 49.5 Å². The standard InChI is InChI=1S/C26H40N2O2.C25H37FN2O.C23H33ClO2S.C23H38O3S.C22H34F2O2S/c1-18(15-28-13-12-27-17-28)23-6-7-24-22-5-4-19-14-26(29,16-30-3)11-9-20(19)21(22)8-10-25(23,24)2;1-17(14-28-12-11-27-16-28)22-5-6-23-21-4-3-18-13-25(29,15-26)10-8-19(18)20(21)7-9-24(22,23)2;1-22-9-7-17-16-8-10-23(26,11-12-24)13-15(16)3-4-18(17)19(22)5-6-20(22)21(25)14-27-2;1-22-10-8-17-16-9-11-23(25,14-26-2)12-15(16)4-5-18(17)19(22)6-7-20(22)21(24)13-27-3;1-21-9-7-15-14-8-10-22(26,20(23)24)11-13(14)3-4-16(15)17(21)5-6-18(21)19(25)12-27-2/h12-13,17,19-24,29H,1,4-11,14-16H2,2-3H3;11-12,16,18-23,29H,1,3-10,13-15H2,2H3;15-20,26H,3-10,13-14H2,1-2H3;15-20,25H,4-14H2,1-3H3;13-18,20,26H,3-12H2,1-2H3/t19-,20+,21-,22-,23-,24+,25-,26+;18-,19+,20-,21-,22-,23+,24-,25+;15-,16+,17-,18-,19+,20-,22+,23-;15-,16+,17-,18-,19+,20-,22+,23+;13-,14+,15-,16-,17+,18-,21+,22+/m11111/s1. The predicted octanol–water partition coefficient (Wildman–Crippen LogP) is 25.4. The van der Waals surface area contributed by atoms with Crippen molar-refractivity contribution in [1.29, 1.82) is 0 Å². The van der Waals surface area contributed by atoms with Gasteiger partial charge >= 0.3 is 0 Å². The van der Waals surface area contributed by atoms with Gasteiger partial charge in [0.2, 0.25) is 0 Å². The van der Waals surface area contributed by atoms with Crippen LogP contribution in [-0.2, 0) is 36.9 Å². The van der Waals surface area contributed by atoms with Crippen LogP contribution in [0.1, 0.15) is 324 Å². The molecular weight excluding hydrogens is 1830 g/mol. The van der Waals surface area contributed by atoms with E-state index in [1.165, 1.54) is 172 Å². The third-order valence-corrected chi connectivity index (χ3v) is 48.8. The zero-order chi connectivity index (χ0) is 99.0. The maximum absolute atomic E-state index is 13.4. The Balaban J connectivity index is 0.000000116. The van der Waals surface area contributed by atoms with Crippen LogP contribution in [0.3, 0.4) is 0 Å². The molecular formula is C119H182ClF3N4O10S3. The van der Waals surface area contributed by atoms with E-state index in [9.17, 15) is 53.1 Å². The number of halogens is 4. The Morgan fingerprint density at radius 1 is 0.386 bits per heavy atom. The van der Waals surface area contributed by atoms with Gasteiger partial charge in [0, 0.05) is 75.2 Å². The van der Waals surface area contributed by atoms with E-state index in [1.807, 2.05) is 43.8 Å². The fourth-order valence-corrected chi connectivity index (χ4v) is 42.7. The number of carbonyl (C=O) groups excluding carboxylic acids is 3. The number of carbonyl (C=O) groups is 3. The molecule has 20 fully saturated rings. The molecule has 0 radical (unpaired) electrons. The average molecular weight is 2020 g/mol. The molecule has 2 aromatic heterocycles. The quantitative estimate of drug-likeness (QED) is 0.0582. The number of rotatable bonds is 21. The molecule has 0 bridgehead atoms. The second kappa shape index (κ2) is 43.6. The summed E-state index contributed by atoms with van der Waals surface area (Å²) in [5, 5.41) is 55.9. The van der Waals surface area contributed by atoms with Crippen LogP contribution in [0.2, 0.25) is 0 Å². The molecule has 2 heterocycles. The van der Waals surface area contributed by atoms with Crippen LogP contribution in [0.5, 0.6) is 0 Å². The first kappa shape index (κ1) is 107. The summed E-state index contributed by atoms with van der Waals surface area (Å²) >= 11 is 10.6. The molecule has 140 heavy (non-hydrogen) atoms. The van der Waals surface area contributed by atoms with E-state index >= 15 is 0 Å². The number of ketones is 3. The van der Waals surface area contributed by atoms with Crippen molar-refractivity contribution in [2.24, 2.45) is 205 Å². The predicted molar refractivity (Wildman–Crippen MR) is 560 cm³/mol. The van der Waals surface area contributed by atoms with E-state index < -0.39 is 41.1 Å². The Bertz CT molecular complexity index is 4630. The molecule has 0 unspecified atom stereocenters. The van der Waals surface area contributed by atoms with Crippen LogP contribution < -0.4 is 0 Å². The fraction of sp³-hybridized carbons (Fsp3) is 0.874. The van der Waals surface area contributed by atoms with Crippen LogP contribution in [0, 0.1) is 216 Å². The second-order valence-electron chi connectivity index (χ2n) is 53.1. The molecule has 20 saturated carbocycles. The maximum Gasteiger partial charge on any atom is 0.266 e. The number of allylic oxidation sites excluding steroid dienone is 2. The van der Waals surface area contributed by atoms with Gasteiger partial charge in [0.05, 0.1) is 59.9 Å². The lowest BCUT2D eigenvalue weighted by atomic mass is 9.48. The molecule has 0 spiro atoms. The Hall–Kier alpha value is -2.68. The van der Waals surface area contributed by atoms with E-state index in [4.69, 9.17) is 21.1 Å². The number of methoxy groups -OCH3 is 2. The summed E-state index contributed by atoms with van der Waals surface area (Å²) in [6.45, 7) is 23.7. The van der Waals surface area contributed by atoms with Crippen molar-refractivity contribution in [3.05, 3.63) is 61.7 Å². The molecule has 2 aromatic rings. The Morgan fingerprint density at radius 3 is 0.971 bits per heavy atom. The minimum Gasteiger partial charge on any atom is -0.387 e. The van der Waals surface area contributed by atoms with Gasteiger partial charge in [-0.2, -0.15) is 35.3 Å². The largest absolute Gasteiger partial charge is 0.387 e. The number of fused-ring (bicyclic) bond motifs is 25. The van der Waals surface area contributed by atoms with Crippen molar-refractivity contribution < 1.29 is 62.6 Å². The number of hydrogen-bond donors (Lipinski definition) is 5. The first-order valence-corrected chi connectivity index (χ1v) is 61.4. The van der Waals surface area contributed by atoms with Gasteiger partial charge in [-0.05, 0) is 506 Å². The molecule has 14 nitrogen and oxygen atoms in total. The minimum atomic E-state index is -2.62. The van der Waals surface area contributed by atoms with Gasteiger partial charge in [0.15, 0.2) is 0 Å². The fourth-order valence-electron chi connectivity index (χ4n) is 41.1. The summed E-state index contributed by atoms with van der Waals surface area (Å²) in [4.78, 5) is 46.6. The summed E-state index contributed by atoms with van der Waals surface area (Å²) in [7, 11) is 3.43. The molecule has 21 heteroatoms. The van der Waals surface area contributed by atoms with Crippen LogP contribution in [0.25, 0.3) is 0 Å². The zero-order valence-corrected chi connectivity index (χ0v) is 90.8. The first-order valence-electron chi connectivity index (χ1n) is 56.9. The van der Waals surface area contributed by atoms with E-state index in [0.29, 0.717) is 143 Å². The minimum absolute atomic E-state index is 0.152. The highest BCUT2D eigenvalue weighted by molar-refractivity contribution is 7.99. The summed E-state index contributed by atoms with van der Waals surface area (Å²) in [6, 6.07) is 0. The lowest BCUT2D eigenvalue weighted by molar-refractivity contribution is -0.160. The third kappa shape index (κ3) is 20.6. The number of hydrogen-bond acceptors (Lipinski definition) is 15. The van der Waals surface area contributed by atoms with Crippen LogP contribution in [0.4, 0.5) is 13.2 Å². The van der Waals surface area contributed by atoms with E-state index in [-0.39, 0.29) is 40.9 Å². The monoisotopic (exact) mass is 2020 g/mol. The van der Waals surface area contributed by atoms with Crippen LogP contribution >= 0.6 is 46.9 Å². The molecule has 0 saturated heterocycles. The SMILES string of the molecule is C=C(Cn1ccnc1)[C@H]1CC[C@H]2[C@@H]3CC[C@@H]4C[C@](O)(CF)CC[C@@H]4[C@H]3CC[C@]12C.C=C(Cn1ccnc1)[C@H]1CC[C@H]2[C@@H]3CC[C@@H]4C[C@](O)(COC)CC[C@@H]4[C@H]3CC[C@]12C.COC[C@]1(O)CC[C@H]2[C@H](CC[C@@H]3[C@@H]2CC[C@]2(C)[C@@H](C(=O)CSC)CC[C@@H]32)C1.CSCC(=O)[C@H]1CC[C@H]2[C@@H]3CC[C@@H]4C[C@](O)(C#CCl)CC[C@@H]4[C@H]3CC[C@]12C.CSCC(=O)[C@H]1CC[C@H]2[C@@H]3CC[C@@H]4C[C@](O)(C(F)F)CC[C@@H]4[C@H]3CC[C@]12C. The smallest absolute Gasteiger partial charge is 0.266 e. The highest BCUT2D eigenvalue weighted by atomic mass is 35.5. The molecule has 5 N–H and O–H groups in total. The average Bonchev–Trinajstić information content (AvgIpc) is 1.52. The van der Waals surface area contributed by atoms with Crippen molar-refractivity contribution in [3.63, 3.8) is 0 Å². The lowest BCUT2D eigenvalue weighted by Gasteiger charge is -2.57. The molecule has 784 valence electrons. The number of ether oxygens (including phenoxy) is 2. The number of alkyl halides is 3. The lowest BCUT2D eigenvalue weighted by Crippen LogP contribution is -2.53. The van der Waals surface area contributed by atoms with Gasteiger partial charge in [0.1, 0.15) is 35.2 Å². The number of Topliss-reactive ketones (excluding diaryl/α,β-unsaturated/α-hetero) is 3. The highest BCUT2D eigenvalue weighted by Crippen LogP contribution is 2.73. The molecule has 22 rings (SSSR count). The van der Waals surface area contributed by atoms with Crippen LogP contribution in [-0.4, -0.2) is 167 Å². The van der Waals surface area contributed by atoms with E-state index in [2.05, 4.69) is 90.6 Å². The number of aromatic nitrogens is 4. The number of imidazole rings is 2. The number of nitrogens with zero attached hydrogens (tertiary/aromatic N) is 4. The van der Waals surface area contributed by atoms with Crippen molar-refractivity contribution in [3.8, 4) is 11.3 Å². The zero-order valence-electron chi connectivity index (χ0n) is 87.6. The number of aliphatic hydroxyl groups is 5. The van der Waals surface area contributed by atoms with Crippen molar-refractivity contribution >= 4 is 64.2 Å². The Labute approximate surface area is 858 Å². The molecule has 0 amide bonds. The van der Waals surface area contributed by atoms with Gasteiger partial charge in [-0.25, -0.2) is 23.1 Å². The number of thioether (sulfide) groups is 3. The summed E-state index contributed by atoms with van der Waals surface area (Å²) in [5.41, 5.74) is -0.548.